The average molecular weight is 351 g/mol. The second kappa shape index (κ2) is 6.19. The van der Waals surface area contributed by atoms with Crippen LogP contribution in [0.15, 0.2) is 24.3 Å². The van der Waals surface area contributed by atoms with E-state index >= 15 is 0 Å². The minimum Gasteiger partial charge on any atom is -0.465 e. The molecule has 0 saturated heterocycles. The largest absolute Gasteiger partial charge is 0.465 e. The first-order valence-electron chi connectivity index (χ1n) is 5.34. The van der Waals surface area contributed by atoms with Gasteiger partial charge in [-0.25, -0.2) is 9.78 Å². The maximum absolute atomic E-state index is 11.8. The Balaban J connectivity index is 2.71. The zero-order valence-corrected chi connectivity index (χ0v) is 13.1. The van der Waals surface area contributed by atoms with E-state index in [4.69, 9.17) is 51.1 Å². The number of nitrogens with zero attached hydrogens (tertiary/aromatic N) is 1. The fraction of sp³-hybridized carbons (Fsp3) is 0.0769. The summed E-state index contributed by atoms with van der Waals surface area (Å²) >= 11 is 23.9. The molecule has 0 fully saturated rings. The summed E-state index contributed by atoms with van der Waals surface area (Å²) in [6.07, 6.45) is 0. The molecular weight excluding hydrogens is 344 g/mol. The van der Waals surface area contributed by atoms with E-state index in [1.165, 1.54) is 31.4 Å². The third kappa shape index (κ3) is 3.01. The van der Waals surface area contributed by atoms with Crippen molar-refractivity contribution < 1.29 is 9.53 Å². The van der Waals surface area contributed by atoms with Crippen molar-refractivity contribution >= 4 is 52.4 Å². The summed E-state index contributed by atoms with van der Waals surface area (Å²) in [6, 6.07) is 6.00. The number of ether oxygens (including phenoxy) is 1. The van der Waals surface area contributed by atoms with Crippen LogP contribution in [0.25, 0.3) is 11.3 Å². The highest BCUT2D eigenvalue weighted by atomic mass is 35.5. The molecular formula is C13H7Cl4NO2. The number of carbonyl (C=O) groups is 1. The van der Waals surface area contributed by atoms with Crippen molar-refractivity contribution in [3.8, 4) is 11.3 Å². The molecule has 0 aliphatic carbocycles. The number of carbonyl (C=O) groups excluding carboxylic acids is 1. The Bertz CT molecular complexity index is 688. The van der Waals surface area contributed by atoms with Crippen molar-refractivity contribution in [1.29, 1.82) is 0 Å². The van der Waals surface area contributed by atoms with E-state index in [-0.39, 0.29) is 16.4 Å². The van der Waals surface area contributed by atoms with Crippen LogP contribution in [0, 0.1) is 0 Å². The van der Waals surface area contributed by atoms with Crippen LogP contribution >= 0.6 is 46.4 Å². The van der Waals surface area contributed by atoms with Crippen molar-refractivity contribution in [1.82, 2.24) is 4.98 Å². The number of esters is 1. The molecule has 0 unspecified atom stereocenters. The number of pyridine rings is 1. The van der Waals surface area contributed by atoms with E-state index < -0.39 is 5.97 Å². The van der Waals surface area contributed by atoms with E-state index in [2.05, 4.69) is 4.98 Å². The van der Waals surface area contributed by atoms with Gasteiger partial charge in [-0.1, -0.05) is 46.4 Å². The quantitative estimate of drug-likeness (QED) is 0.427. The van der Waals surface area contributed by atoms with Gasteiger partial charge in [0.15, 0.2) is 0 Å². The minimum absolute atomic E-state index is 0.217. The van der Waals surface area contributed by atoms with Gasteiger partial charge < -0.3 is 4.74 Å². The molecule has 0 radical (unpaired) electrons. The lowest BCUT2D eigenvalue weighted by atomic mass is 10.1. The normalized spacial score (nSPS) is 10.4. The van der Waals surface area contributed by atoms with Crippen LogP contribution in [0.4, 0.5) is 0 Å². The second-order valence-corrected chi connectivity index (χ2v) is 5.38. The van der Waals surface area contributed by atoms with Gasteiger partial charge in [0.05, 0.1) is 33.4 Å². The molecule has 0 amide bonds. The summed E-state index contributed by atoms with van der Waals surface area (Å²) in [7, 11) is 1.27. The third-order valence-corrected chi connectivity index (χ3v) is 3.78. The number of methoxy groups -OCH3 is 1. The highest BCUT2D eigenvalue weighted by Crippen LogP contribution is 2.36. The number of hydrogen-bond donors (Lipinski definition) is 0. The van der Waals surface area contributed by atoms with Gasteiger partial charge in [-0.05, 0) is 24.3 Å². The molecule has 0 N–H and O–H groups in total. The molecule has 0 spiro atoms. The van der Waals surface area contributed by atoms with Gasteiger partial charge in [0.1, 0.15) is 5.15 Å². The zero-order valence-electron chi connectivity index (χ0n) is 10.1. The fourth-order valence-electron chi connectivity index (χ4n) is 1.62. The predicted molar refractivity (Wildman–Crippen MR) is 81.1 cm³/mol. The van der Waals surface area contributed by atoms with Crippen LogP contribution in [0.3, 0.4) is 0 Å². The first kappa shape index (κ1) is 15.4. The van der Waals surface area contributed by atoms with Crippen molar-refractivity contribution in [2.45, 2.75) is 0 Å². The van der Waals surface area contributed by atoms with Gasteiger partial charge in [0, 0.05) is 5.56 Å². The van der Waals surface area contributed by atoms with E-state index in [1.807, 2.05) is 0 Å². The van der Waals surface area contributed by atoms with Crippen molar-refractivity contribution in [2.24, 2.45) is 0 Å². The Kier molecular flexibility index (Phi) is 4.76. The molecule has 20 heavy (non-hydrogen) atoms. The van der Waals surface area contributed by atoms with Gasteiger partial charge in [0.2, 0.25) is 0 Å². The lowest BCUT2D eigenvalue weighted by molar-refractivity contribution is 0.0601. The predicted octanol–water partition coefficient (Wildman–Crippen LogP) is 5.15. The van der Waals surface area contributed by atoms with E-state index in [9.17, 15) is 4.79 Å². The van der Waals surface area contributed by atoms with Gasteiger partial charge in [0.25, 0.3) is 0 Å². The monoisotopic (exact) mass is 349 g/mol. The molecule has 104 valence electrons. The van der Waals surface area contributed by atoms with Crippen LogP contribution in [0.5, 0.6) is 0 Å². The highest BCUT2D eigenvalue weighted by Gasteiger charge is 2.18. The number of rotatable bonds is 2. The van der Waals surface area contributed by atoms with E-state index in [0.29, 0.717) is 20.6 Å². The van der Waals surface area contributed by atoms with Crippen molar-refractivity contribution in [3.05, 3.63) is 50.0 Å². The zero-order chi connectivity index (χ0) is 14.9. The molecule has 0 aliphatic heterocycles. The summed E-state index contributed by atoms with van der Waals surface area (Å²) in [5.74, 6) is -0.550. The first-order valence-corrected chi connectivity index (χ1v) is 6.85. The summed E-state index contributed by atoms with van der Waals surface area (Å²) in [5, 5.41) is 1.12. The topological polar surface area (TPSA) is 39.2 Å². The summed E-state index contributed by atoms with van der Waals surface area (Å²) in [4.78, 5) is 15.9. The van der Waals surface area contributed by atoms with Crippen LogP contribution in [-0.2, 0) is 4.74 Å². The first-order chi connectivity index (χ1) is 9.43. The number of benzene rings is 1. The molecule has 1 aromatic carbocycles. The summed E-state index contributed by atoms with van der Waals surface area (Å²) < 4.78 is 4.71. The lowest BCUT2D eigenvalue weighted by Crippen LogP contribution is -2.05. The van der Waals surface area contributed by atoms with Crippen LogP contribution in [0.1, 0.15) is 10.4 Å². The van der Waals surface area contributed by atoms with Gasteiger partial charge >= 0.3 is 5.97 Å². The lowest BCUT2D eigenvalue weighted by Gasteiger charge is -2.10. The minimum atomic E-state index is -0.550. The third-order valence-electron chi connectivity index (χ3n) is 2.53. The van der Waals surface area contributed by atoms with E-state index in [0.717, 1.165) is 0 Å². The maximum atomic E-state index is 11.8. The Hall–Kier alpha value is -1.000. The molecule has 7 heteroatoms. The molecule has 1 heterocycles. The van der Waals surface area contributed by atoms with Crippen LogP contribution in [-0.4, -0.2) is 18.1 Å². The number of aromatic nitrogens is 1. The Labute approximate surface area is 135 Å². The Morgan fingerprint density at radius 1 is 1.05 bits per heavy atom. The van der Waals surface area contributed by atoms with Gasteiger partial charge in [-0.3, -0.25) is 0 Å². The fourth-order valence-corrected chi connectivity index (χ4v) is 2.40. The highest BCUT2D eigenvalue weighted by molar-refractivity contribution is 6.44. The molecule has 0 atom stereocenters. The second-order valence-electron chi connectivity index (χ2n) is 3.77. The molecule has 0 aliphatic rings. The summed E-state index contributed by atoms with van der Waals surface area (Å²) in [6.45, 7) is 0. The molecule has 2 aromatic rings. The average Bonchev–Trinajstić information content (AvgIpc) is 2.42. The van der Waals surface area contributed by atoms with Gasteiger partial charge in [-0.15, -0.1) is 0 Å². The molecule has 1 aromatic heterocycles. The van der Waals surface area contributed by atoms with Gasteiger partial charge in [-0.2, -0.15) is 0 Å². The molecule has 0 saturated carbocycles. The van der Waals surface area contributed by atoms with Crippen molar-refractivity contribution in [3.63, 3.8) is 0 Å². The number of hydrogen-bond acceptors (Lipinski definition) is 3. The smallest absolute Gasteiger partial charge is 0.340 e. The Morgan fingerprint density at radius 2 is 1.70 bits per heavy atom. The van der Waals surface area contributed by atoms with Crippen LogP contribution in [0.2, 0.25) is 20.2 Å². The molecule has 0 bridgehead atoms. The molecule has 3 nitrogen and oxygen atoms in total. The molecule has 2 rings (SSSR count). The standard InChI is InChI=1S/C13H7Cl4NO2/c1-20-13(19)6-2-3-11(17)18-12(6)7-4-9(15)10(16)5-8(7)14/h2-5H,1H3. The van der Waals surface area contributed by atoms with E-state index in [1.54, 1.807) is 0 Å². The maximum Gasteiger partial charge on any atom is 0.340 e. The van der Waals surface area contributed by atoms with Crippen LogP contribution < -0.4 is 0 Å². The van der Waals surface area contributed by atoms with Crippen molar-refractivity contribution in [2.75, 3.05) is 7.11 Å². The number of halogens is 4. The Morgan fingerprint density at radius 3 is 2.35 bits per heavy atom. The summed E-state index contributed by atoms with van der Waals surface area (Å²) in [5.41, 5.74) is 0.967. The SMILES string of the molecule is COC(=O)c1ccc(Cl)nc1-c1cc(Cl)c(Cl)cc1Cl.